The molecule has 0 aliphatic heterocycles. The number of esters is 1. The van der Waals surface area contributed by atoms with Gasteiger partial charge in [0.15, 0.2) is 0 Å². The lowest BCUT2D eigenvalue weighted by Crippen LogP contribution is -2.46. The van der Waals surface area contributed by atoms with Crippen LogP contribution < -0.4 is 5.32 Å². The minimum absolute atomic E-state index is 0.236. The van der Waals surface area contributed by atoms with Crippen LogP contribution in [-0.4, -0.2) is 18.6 Å². The summed E-state index contributed by atoms with van der Waals surface area (Å²) in [5.74, 6) is 0.0890. The molecule has 1 aliphatic rings. The van der Waals surface area contributed by atoms with Crippen LogP contribution in [0.25, 0.3) is 0 Å². The molecule has 1 atom stereocenters. The second kappa shape index (κ2) is 4.57. The third kappa shape index (κ3) is 2.39. The maximum Gasteiger partial charge on any atom is 0.331 e. The summed E-state index contributed by atoms with van der Waals surface area (Å²) < 4.78 is 4.88. The molecule has 92 valence electrons. The van der Waals surface area contributed by atoms with Gasteiger partial charge in [-0.1, -0.05) is 23.7 Å². The van der Waals surface area contributed by atoms with Crippen LogP contribution in [0.3, 0.4) is 0 Å². The van der Waals surface area contributed by atoms with E-state index in [1.165, 1.54) is 7.11 Å². The first-order valence-electron chi connectivity index (χ1n) is 5.69. The van der Waals surface area contributed by atoms with E-state index in [2.05, 4.69) is 5.32 Å². The SMILES string of the molecule is COC(=O)C(C)(Nc1ccccc1Cl)C1CC1. The van der Waals surface area contributed by atoms with E-state index in [0.29, 0.717) is 10.9 Å². The number of anilines is 1. The smallest absolute Gasteiger partial charge is 0.331 e. The molecule has 1 N–H and O–H groups in total. The van der Waals surface area contributed by atoms with Gasteiger partial charge in [-0.3, -0.25) is 0 Å². The molecule has 1 aliphatic carbocycles. The molecule has 0 aromatic heterocycles. The predicted octanol–water partition coefficient (Wildman–Crippen LogP) is 3.09. The third-order valence-corrected chi connectivity index (χ3v) is 3.60. The van der Waals surface area contributed by atoms with Crippen molar-refractivity contribution in [1.29, 1.82) is 0 Å². The molecule has 1 aromatic rings. The van der Waals surface area contributed by atoms with Gasteiger partial charge < -0.3 is 10.1 Å². The average Bonchev–Trinajstić information content (AvgIpc) is 3.15. The van der Waals surface area contributed by atoms with Gasteiger partial charge in [0.25, 0.3) is 0 Å². The highest BCUT2D eigenvalue weighted by Gasteiger charge is 2.48. The van der Waals surface area contributed by atoms with Crippen LogP contribution in [-0.2, 0) is 9.53 Å². The van der Waals surface area contributed by atoms with Crippen LogP contribution in [0.15, 0.2) is 24.3 Å². The zero-order valence-corrected chi connectivity index (χ0v) is 10.8. The fourth-order valence-corrected chi connectivity index (χ4v) is 2.22. The van der Waals surface area contributed by atoms with Crippen molar-refractivity contribution < 1.29 is 9.53 Å². The van der Waals surface area contributed by atoms with Gasteiger partial charge in [0.05, 0.1) is 17.8 Å². The van der Waals surface area contributed by atoms with Crippen LogP contribution in [0, 0.1) is 5.92 Å². The van der Waals surface area contributed by atoms with E-state index in [1.807, 2.05) is 25.1 Å². The summed E-state index contributed by atoms with van der Waals surface area (Å²) in [5, 5.41) is 3.84. The number of carbonyl (C=O) groups excluding carboxylic acids is 1. The first-order chi connectivity index (χ1) is 8.08. The molecule has 1 aromatic carbocycles. The Hall–Kier alpha value is -1.22. The van der Waals surface area contributed by atoms with Crippen molar-refractivity contribution in [3.63, 3.8) is 0 Å². The molecule has 1 fully saturated rings. The van der Waals surface area contributed by atoms with Crippen LogP contribution >= 0.6 is 11.6 Å². The summed E-state index contributed by atoms with van der Waals surface area (Å²) >= 11 is 6.09. The normalized spacial score (nSPS) is 18.3. The standard InChI is InChI=1S/C13H16ClNO2/c1-13(9-7-8-9,12(16)17-2)15-11-6-4-3-5-10(11)14/h3-6,9,15H,7-8H2,1-2H3. The first-order valence-corrected chi connectivity index (χ1v) is 6.07. The number of ether oxygens (including phenoxy) is 1. The Morgan fingerprint density at radius 3 is 2.65 bits per heavy atom. The van der Waals surface area contributed by atoms with Crippen LogP contribution in [0.1, 0.15) is 19.8 Å². The number of benzene rings is 1. The number of rotatable bonds is 4. The molecular weight excluding hydrogens is 238 g/mol. The Morgan fingerprint density at radius 2 is 2.12 bits per heavy atom. The summed E-state index contributed by atoms with van der Waals surface area (Å²) in [4.78, 5) is 11.9. The number of hydrogen-bond donors (Lipinski definition) is 1. The van der Waals surface area contributed by atoms with Crippen molar-refractivity contribution in [3.8, 4) is 0 Å². The van der Waals surface area contributed by atoms with Gasteiger partial charge in [0.2, 0.25) is 0 Å². The minimum atomic E-state index is -0.681. The fraction of sp³-hybridized carbons (Fsp3) is 0.462. The molecule has 17 heavy (non-hydrogen) atoms. The molecule has 0 bridgehead atoms. The van der Waals surface area contributed by atoms with Gasteiger partial charge in [-0.25, -0.2) is 4.79 Å². The molecule has 1 saturated carbocycles. The van der Waals surface area contributed by atoms with E-state index < -0.39 is 5.54 Å². The van der Waals surface area contributed by atoms with Crippen molar-refractivity contribution >= 4 is 23.3 Å². The van der Waals surface area contributed by atoms with E-state index in [9.17, 15) is 4.79 Å². The van der Waals surface area contributed by atoms with E-state index in [4.69, 9.17) is 16.3 Å². The zero-order valence-electron chi connectivity index (χ0n) is 10.00. The molecule has 0 amide bonds. The van der Waals surface area contributed by atoms with Crippen LogP contribution in [0.4, 0.5) is 5.69 Å². The highest BCUT2D eigenvalue weighted by Crippen LogP contribution is 2.42. The topological polar surface area (TPSA) is 38.3 Å². The van der Waals surface area contributed by atoms with Gasteiger partial charge in [-0.2, -0.15) is 0 Å². The van der Waals surface area contributed by atoms with Gasteiger partial charge >= 0.3 is 5.97 Å². The second-order valence-corrected chi connectivity index (χ2v) is 4.98. The second-order valence-electron chi connectivity index (χ2n) is 4.57. The minimum Gasteiger partial charge on any atom is -0.467 e. The number of halogens is 1. The van der Waals surface area contributed by atoms with E-state index in [-0.39, 0.29) is 5.97 Å². The number of hydrogen-bond acceptors (Lipinski definition) is 3. The highest BCUT2D eigenvalue weighted by molar-refractivity contribution is 6.33. The summed E-state index contributed by atoms with van der Waals surface area (Å²) in [6.07, 6.45) is 2.09. The highest BCUT2D eigenvalue weighted by atomic mass is 35.5. The van der Waals surface area contributed by atoms with Crippen LogP contribution in [0.2, 0.25) is 5.02 Å². The first kappa shape index (κ1) is 12.2. The molecule has 2 rings (SSSR count). The summed E-state index contributed by atoms with van der Waals surface area (Å²) in [5.41, 5.74) is 0.0914. The molecule has 0 saturated heterocycles. The van der Waals surface area contributed by atoms with Crippen molar-refractivity contribution in [1.82, 2.24) is 0 Å². The quantitative estimate of drug-likeness (QED) is 0.838. The lowest BCUT2D eigenvalue weighted by atomic mass is 9.95. The lowest BCUT2D eigenvalue weighted by molar-refractivity contribution is -0.146. The van der Waals surface area contributed by atoms with Crippen LogP contribution in [0.5, 0.6) is 0 Å². The third-order valence-electron chi connectivity index (χ3n) is 3.27. The summed E-state index contributed by atoms with van der Waals surface area (Å²) in [6, 6.07) is 7.42. The fourth-order valence-electron chi connectivity index (χ4n) is 2.03. The Balaban J connectivity index is 2.24. The summed E-state index contributed by atoms with van der Waals surface area (Å²) in [7, 11) is 1.41. The number of nitrogens with one attached hydrogen (secondary N) is 1. The lowest BCUT2D eigenvalue weighted by Gasteiger charge is -2.29. The molecule has 0 spiro atoms. The number of para-hydroxylation sites is 1. The Bertz CT molecular complexity index is 431. The van der Waals surface area contributed by atoms with Gasteiger partial charge in [0, 0.05) is 0 Å². The van der Waals surface area contributed by atoms with Gasteiger partial charge in [0.1, 0.15) is 5.54 Å². The average molecular weight is 254 g/mol. The largest absolute Gasteiger partial charge is 0.467 e. The molecule has 0 radical (unpaired) electrons. The van der Waals surface area contributed by atoms with Crippen molar-refractivity contribution in [3.05, 3.63) is 29.3 Å². The summed E-state index contributed by atoms with van der Waals surface area (Å²) in [6.45, 7) is 1.87. The molecular formula is C13H16ClNO2. The maximum absolute atomic E-state index is 11.9. The predicted molar refractivity (Wildman–Crippen MR) is 68.2 cm³/mol. The molecule has 1 unspecified atom stereocenters. The zero-order chi connectivity index (χ0) is 12.5. The molecule has 0 heterocycles. The van der Waals surface area contributed by atoms with Gasteiger partial charge in [-0.05, 0) is 37.8 Å². The van der Waals surface area contributed by atoms with Crippen molar-refractivity contribution in [2.24, 2.45) is 5.92 Å². The maximum atomic E-state index is 11.9. The monoisotopic (exact) mass is 253 g/mol. The van der Waals surface area contributed by atoms with Gasteiger partial charge in [-0.15, -0.1) is 0 Å². The van der Waals surface area contributed by atoms with Crippen molar-refractivity contribution in [2.75, 3.05) is 12.4 Å². The molecule has 3 nitrogen and oxygen atoms in total. The Kier molecular flexibility index (Phi) is 3.29. The Morgan fingerprint density at radius 1 is 1.47 bits per heavy atom. The Labute approximate surface area is 106 Å². The molecule has 4 heteroatoms. The van der Waals surface area contributed by atoms with Crippen molar-refractivity contribution in [2.45, 2.75) is 25.3 Å². The van der Waals surface area contributed by atoms with E-state index >= 15 is 0 Å². The van der Waals surface area contributed by atoms with E-state index in [0.717, 1.165) is 18.5 Å². The number of methoxy groups -OCH3 is 1. The number of carbonyl (C=O) groups is 1. The van der Waals surface area contributed by atoms with E-state index in [1.54, 1.807) is 6.07 Å².